The van der Waals surface area contributed by atoms with E-state index in [0.29, 0.717) is 29.2 Å². The lowest BCUT2D eigenvalue weighted by Crippen LogP contribution is -2.19. The van der Waals surface area contributed by atoms with Crippen LogP contribution in [0.4, 0.5) is 13.2 Å². The third-order valence-electron chi connectivity index (χ3n) is 5.92. The van der Waals surface area contributed by atoms with Crippen molar-refractivity contribution in [1.29, 1.82) is 0 Å². The SMILES string of the molecule is C=CCOc1ccc(-c2ccc(-c3ccc(C4CCC(C=C)CO4)c(F)c3)cc2)c(F)c1F. The third kappa shape index (κ3) is 4.88. The van der Waals surface area contributed by atoms with E-state index in [1.807, 2.05) is 12.1 Å². The molecule has 2 unspecified atom stereocenters. The number of hydrogen-bond acceptors (Lipinski definition) is 2. The van der Waals surface area contributed by atoms with Crippen molar-refractivity contribution >= 4 is 0 Å². The van der Waals surface area contributed by atoms with Gasteiger partial charge in [-0.1, -0.05) is 55.1 Å². The number of benzene rings is 3. The minimum atomic E-state index is -1.04. The summed E-state index contributed by atoms with van der Waals surface area (Å²) in [4.78, 5) is 0. The summed E-state index contributed by atoms with van der Waals surface area (Å²) < 4.78 is 54.7. The maximum atomic E-state index is 14.9. The molecule has 2 nitrogen and oxygen atoms in total. The second-order valence-corrected chi connectivity index (χ2v) is 8.05. The highest BCUT2D eigenvalue weighted by Crippen LogP contribution is 2.35. The quantitative estimate of drug-likeness (QED) is 0.344. The van der Waals surface area contributed by atoms with Crippen LogP contribution in [0.1, 0.15) is 24.5 Å². The minimum Gasteiger partial charge on any atom is -0.486 e. The van der Waals surface area contributed by atoms with E-state index in [4.69, 9.17) is 9.47 Å². The summed E-state index contributed by atoms with van der Waals surface area (Å²) in [5, 5.41) is 0. The summed E-state index contributed by atoms with van der Waals surface area (Å²) in [6.45, 7) is 7.92. The van der Waals surface area contributed by atoms with Crippen molar-refractivity contribution in [2.45, 2.75) is 18.9 Å². The Labute approximate surface area is 192 Å². The van der Waals surface area contributed by atoms with Crippen LogP contribution < -0.4 is 4.74 Å². The van der Waals surface area contributed by atoms with Crippen molar-refractivity contribution in [2.75, 3.05) is 13.2 Å². The Balaban J connectivity index is 1.53. The largest absolute Gasteiger partial charge is 0.486 e. The number of halogens is 3. The summed E-state index contributed by atoms with van der Waals surface area (Å²) in [6.07, 6.45) is 4.76. The molecule has 0 aromatic heterocycles. The zero-order valence-corrected chi connectivity index (χ0v) is 18.2. The van der Waals surface area contributed by atoms with Gasteiger partial charge >= 0.3 is 0 Å². The first-order chi connectivity index (χ1) is 16.0. The molecule has 2 atom stereocenters. The normalized spacial score (nSPS) is 18.0. The molecule has 0 amide bonds. The first kappa shape index (κ1) is 22.9. The van der Waals surface area contributed by atoms with Crippen molar-refractivity contribution in [3.05, 3.63) is 103 Å². The molecule has 3 aromatic carbocycles. The molecule has 0 spiro atoms. The number of rotatable bonds is 7. The average Bonchev–Trinajstić information content (AvgIpc) is 2.85. The monoisotopic (exact) mass is 450 g/mol. The van der Waals surface area contributed by atoms with Crippen LogP contribution >= 0.6 is 0 Å². The van der Waals surface area contributed by atoms with Gasteiger partial charge in [0, 0.05) is 17.0 Å². The summed E-state index contributed by atoms with van der Waals surface area (Å²) in [7, 11) is 0. The summed E-state index contributed by atoms with van der Waals surface area (Å²) in [5.74, 6) is -2.19. The van der Waals surface area contributed by atoms with Gasteiger partial charge in [-0.05, 0) is 47.7 Å². The minimum absolute atomic E-state index is 0.0853. The van der Waals surface area contributed by atoms with E-state index in [1.54, 1.807) is 30.3 Å². The molecule has 0 bridgehead atoms. The van der Waals surface area contributed by atoms with E-state index in [0.717, 1.165) is 18.4 Å². The van der Waals surface area contributed by atoms with Crippen LogP contribution in [0.3, 0.4) is 0 Å². The van der Waals surface area contributed by atoms with E-state index in [9.17, 15) is 13.2 Å². The molecule has 33 heavy (non-hydrogen) atoms. The first-order valence-corrected chi connectivity index (χ1v) is 10.9. The highest BCUT2D eigenvalue weighted by Gasteiger charge is 2.24. The van der Waals surface area contributed by atoms with Crippen molar-refractivity contribution in [3.8, 4) is 28.0 Å². The molecule has 170 valence electrons. The van der Waals surface area contributed by atoms with Crippen LogP contribution in [-0.2, 0) is 4.74 Å². The van der Waals surface area contributed by atoms with Crippen molar-refractivity contribution in [3.63, 3.8) is 0 Å². The highest BCUT2D eigenvalue weighted by molar-refractivity contribution is 5.71. The molecule has 0 N–H and O–H groups in total. The molecule has 1 aliphatic heterocycles. The highest BCUT2D eigenvalue weighted by atomic mass is 19.2. The zero-order valence-electron chi connectivity index (χ0n) is 18.2. The standard InChI is InChI=1S/C28H25F3O2/c1-3-15-32-26-14-12-22(27(30)28(26)31)20-8-6-19(7-9-20)21-10-11-23(24(29)16-21)25-13-5-18(4-2)17-33-25/h3-4,6-12,14,16,18,25H,1-2,5,13,15,17H2. The summed E-state index contributed by atoms with van der Waals surface area (Å²) in [5.41, 5.74) is 2.65. The summed E-state index contributed by atoms with van der Waals surface area (Å²) >= 11 is 0. The van der Waals surface area contributed by atoms with E-state index >= 15 is 0 Å². The van der Waals surface area contributed by atoms with Gasteiger partial charge in [-0.15, -0.1) is 6.58 Å². The van der Waals surface area contributed by atoms with E-state index < -0.39 is 11.6 Å². The van der Waals surface area contributed by atoms with Crippen molar-refractivity contribution < 1.29 is 22.6 Å². The van der Waals surface area contributed by atoms with Crippen molar-refractivity contribution in [1.82, 2.24) is 0 Å². The molecule has 0 aliphatic carbocycles. The van der Waals surface area contributed by atoms with Crippen LogP contribution in [0.5, 0.6) is 5.75 Å². The Morgan fingerprint density at radius 3 is 2.24 bits per heavy atom. The molecular formula is C28H25F3O2. The van der Waals surface area contributed by atoms with Gasteiger partial charge in [0.05, 0.1) is 12.7 Å². The first-order valence-electron chi connectivity index (χ1n) is 10.9. The van der Waals surface area contributed by atoms with E-state index in [1.165, 1.54) is 24.3 Å². The van der Waals surface area contributed by atoms with Gasteiger partial charge in [0.25, 0.3) is 0 Å². The van der Waals surface area contributed by atoms with E-state index in [-0.39, 0.29) is 29.8 Å². The van der Waals surface area contributed by atoms with Crippen LogP contribution in [0.15, 0.2) is 79.9 Å². The topological polar surface area (TPSA) is 18.5 Å². The molecule has 1 aliphatic rings. The predicted molar refractivity (Wildman–Crippen MR) is 124 cm³/mol. The molecule has 4 rings (SSSR count). The molecule has 0 radical (unpaired) electrons. The van der Waals surface area contributed by atoms with E-state index in [2.05, 4.69) is 13.2 Å². The molecule has 1 saturated heterocycles. The van der Waals surface area contributed by atoms with Gasteiger partial charge < -0.3 is 9.47 Å². The van der Waals surface area contributed by atoms with Crippen LogP contribution in [0, 0.1) is 23.4 Å². The maximum Gasteiger partial charge on any atom is 0.201 e. The molecule has 3 aromatic rings. The van der Waals surface area contributed by atoms with Gasteiger partial charge in [-0.2, -0.15) is 4.39 Å². The lowest BCUT2D eigenvalue weighted by molar-refractivity contribution is -0.00700. The number of hydrogen-bond donors (Lipinski definition) is 0. The Bertz CT molecular complexity index is 1150. The second-order valence-electron chi connectivity index (χ2n) is 8.05. The van der Waals surface area contributed by atoms with Crippen molar-refractivity contribution in [2.24, 2.45) is 5.92 Å². The Morgan fingerprint density at radius 2 is 1.61 bits per heavy atom. The fourth-order valence-electron chi connectivity index (χ4n) is 4.03. The molecule has 1 fully saturated rings. The summed E-state index contributed by atoms with van der Waals surface area (Å²) in [6, 6.07) is 14.8. The van der Waals surface area contributed by atoms with Crippen LogP contribution in [0.2, 0.25) is 0 Å². The van der Waals surface area contributed by atoms with Gasteiger partial charge in [-0.25, -0.2) is 8.78 Å². The Kier molecular flexibility index (Phi) is 6.99. The molecule has 5 heteroatoms. The van der Waals surface area contributed by atoms with Gasteiger partial charge in [0.15, 0.2) is 11.6 Å². The lowest BCUT2D eigenvalue weighted by Gasteiger charge is -2.28. The lowest BCUT2D eigenvalue weighted by atomic mass is 9.93. The molecule has 0 saturated carbocycles. The molecular weight excluding hydrogens is 425 g/mol. The second kappa shape index (κ2) is 10.1. The van der Waals surface area contributed by atoms with Crippen LogP contribution in [0.25, 0.3) is 22.3 Å². The van der Waals surface area contributed by atoms with Gasteiger partial charge in [-0.3, -0.25) is 0 Å². The number of ether oxygens (including phenoxy) is 2. The third-order valence-corrected chi connectivity index (χ3v) is 5.92. The van der Waals surface area contributed by atoms with Crippen LogP contribution in [-0.4, -0.2) is 13.2 Å². The Hall–Kier alpha value is -3.31. The van der Waals surface area contributed by atoms with Gasteiger partial charge in [0.2, 0.25) is 5.82 Å². The zero-order chi connectivity index (χ0) is 23.4. The predicted octanol–water partition coefficient (Wildman–Crippen LogP) is 7.66. The molecule has 1 heterocycles. The fraction of sp³-hybridized carbons (Fsp3) is 0.214. The maximum absolute atomic E-state index is 14.9. The fourth-order valence-corrected chi connectivity index (χ4v) is 4.03. The smallest absolute Gasteiger partial charge is 0.201 e. The average molecular weight is 451 g/mol. The van der Waals surface area contributed by atoms with Gasteiger partial charge in [0.1, 0.15) is 12.4 Å². The Morgan fingerprint density at radius 1 is 0.879 bits per heavy atom.